The molecule has 0 bridgehead atoms. The minimum Gasteiger partial charge on any atom is -0.309 e. The molecule has 0 radical (unpaired) electrons. The number of para-hydroxylation sites is 2. The molecule has 0 aliphatic rings. The fraction of sp³-hybridized carbons (Fsp3) is 0. The average Bonchev–Trinajstić information content (AvgIpc) is 3.97. The number of nitrogens with zero attached hydrogens (tertiary/aromatic N) is 8. The van der Waals surface area contributed by atoms with Crippen LogP contribution in [0, 0.1) is 0 Å². The topological polar surface area (TPSA) is 87.2 Å². The fourth-order valence-electron chi connectivity index (χ4n) is 10.2. The number of benzene rings is 10. The number of hydrogen-bond acceptors (Lipinski definition) is 6. The lowest BCUT2D eigenvalue weighted by atomic mass is 9.97. The second-order valence-electron chi connectivity index (χ2n) is 17.5. The fourth-order valence-corrected chi connectivity index (χ4v) is 10.2. The van der Waals surface area contributed by atoms with Gasteiger partial charge in [0.05, 0.1) is 22.1 Å². The molecule has 10 aromatic carbocycles. The van der Waals surface area contributed by atoms with Crippen molar-refractivity contribution in [3.05, 3.63) is 231 Å². The van der Waals surface area contributed by atoms with Crippen LogP contribution in [0.4, 0.5) is 0 Å². The summed E-state index contributed by atoms with van der Waals surface area (Å²) in [6.07, 6.45) is 0. The van der Waals surface area contributed by atoms with E-state index < -0.39 is 0 Å². The monoisotopic (exact) mass is 894 g/mol. The number of hydrogen-bond donors (Lipinski definition) is 0. The van der Waals surface area contributed by atoms with Gasteiger partial charge in [0, 0.05) is 60.4 Å². The summed E-state index contributed by atoms with van der Waals surface area (Å²) < 4.78 is 4.58. The summed E-state index contributed by atoms with van der Waals surface area (Å²) in [6.45, 7) is 0. The van der Waals surface area contributed by atoms with Gasteiger partial charge in [-0.1, -0.05) is 188 Å². The molecule has 4 heterocycles. The molecule has 8 nitrogen and oxygen atoms in total. The molecule has 14 rings (SSSR count). The van der Waals surface area contributed by atoms with E-state index in [1.165, 1.54) is 5.39 Å². The van der Waals surface area contributed by atoms with Gasteiger partial charge in [-0.25, -0.2) is 19.9 Å². The van der Waals surface area contributed by atoms with Gasteiger partial charge in [-0.2, -0.15) is 9.97 Å². The maximum atomic E-state index is 5.26. The lowest BCUT2D eigenvalue weighted by molar-refractivity contribution is 0.955. The minimum atomic E-state index is 0.552. The summed E-state index contributed by atoms with van der Waals surface area (Å²) in [4.78, 5) is 31.1. The van der Waals surface area contributed by atoms with Crippen molar-refractivity contribution < 1.29 is 0 Å². The molecule has 0 N–H and O–H groups in total. The molecular weight excluding hydrogens is 857 g/mol. The lowest BCUT2D eigenvalue weighted by Crippen LogP contribution is -2.06. The zero-order chi connectivity index (χ0) is 46.1. The van der Waals surface area contributed by atoms with Crippen molar-refractivity contribution in [3.8, 4) is 68.6 Å². The predicted molar refractivity (Wildman–Crippen MR) is 284 cm³/mol. The van der Waals surface area contributed by atoms with Crippen molar-refractivity contribution in [2.24, 2.45) is 0 Å². The van der Waals surface area contributed by atoms with Gasteiger partial charge in [-0.3, -0.25) is 4.57 Å². The van der Waals surface area contributed by atoms with E-state index in [4.69, 9.17) is 29.9 Å². The van der Waals surface area contributed by atoms with E-state index in [1.54, 1.807) is 0 Å². The van der Waals surface area contributed by atoms with E-state index in [0.29, 0.717) is 35.1 Å². The Hall–Kier alpha value is -9.66. The van der Waals surface area contributed by atoms with Crippen LogP contribution in [0.1, 0.15) is 0 Å². The third kappa shape index (κ3) is 6.38. The van der Waals surface area contributed by atoms with E-state index in [2.05, 4.69) is 149 Å². The Kier molecular flexibility index (Phi) is 9.03. The first kappa shape index (κ1) is 39.5. The maximum Gasteiger partial charge on any atom is 0.238 e. The molecular formula is C62H38N8. The third-order valence-electron chi connectivity index (χ3n) is 13.4. The molecule has 70 heavy (non-hydrogen) atoms. The number of aromatic nitrogens is 8. The summed E-state index contributed by atoms with van der Waals surface area (Å²) in [6, 6.07) is 79.9. The van der Waals surface area contributed by atoms with Crippen molar-refractivity contribution >= 4 is 65.2 Å². The molecule has 0 amide bonds. The highest BCUT2D eigenvalue weighted by molar-refractivity contribution is 6.26. The van der Waals surface area contributed by atoms with Crippen LogP contribution in [0.5, 0.6) is 0 Å². The van der Waals surface area contributed by atoms with Crippen LogP contribution in [0.2, 0.25) is 0 Å². The van der Waals surface area contributed by atoms with Gasteiger partial charge >= 0.3 is 0 Å². The molecule has 0 unspecified atom stereocenters. The lowest BCUT2D eigenvalue weighted by Gasteiger charge is -2.13. The van der Waals surface area contributed by atoms with E-state index in [0.717, 1.165) is 93.3 Å². The molecule has 0 aliphatic carbocycles. The first-order valence-corrected chi connectivity index (χ1v) is 23.4. The molecule has 0 saturated heterocycles. The van der Waals surface area contributed by atoms with Gasteiger partial charge in [0.15, 0.2) is 29.1 Å². The molecule has 0 fully saturated rings. The van der Waals surface area contributed by atoms with Gasteiger partial charge < -0.3 is 4.57 Å². The zero-order valence-corrected chi connectivity index (χ0v) is 37.5. The molecule has 8 heteroatoms. The highest BCUT2D eigenvalue weighted by Gasteiger charge is 2.24. The van der Waals surface area contributed by atoms with Crippen LogP contribution in [0.15, 0.2) is 231 Å². The highest BCUT2D eigenvalue weighted by Crippen LogP contribution is 2.42. The van der Waals surface area contributed by atoms with Crippen molar-refractivity contribution in [2.75, 3.05) is 0 Å². The Bertz CT molecular complexity index is 4280. The smallest absolute Gasteiger partial charge is 0.238 e. The largest absolute Gasteiger partial charge is 0.309 e. The summed E-state index contributed by atoms with van der Waals surface area (Å²) in [5.41, 5.74) is 9.80. The summed E-state index contributed by atoms with van der Waals surface area (Å²) in [7, 11) is 0. The van der Waals surface area contributed by atoms with Crippen molar-refractivity contribution in [1.29, 1.82) is 0 Å². The van der Waals surface area contributed by atoms with Crippen molar-refractivity contribution in [3.63, 3.8) is 0 Å². The van der Waals surface area contributed by atoms with Crippen LogP contribution < -0.4 is 0 Å². The van der Waals surface area contributed by atoms with E-state index >= 15 is 0 Å². The molecule has 326 valence electrons. The van der Waals surface area contributed by atoms with Gasteiger partial charge in [0.2, 0.25) is 5.95 Å². The maximum absolute atomic E-state index is 5.26. The van der Waals surface area contributed by atoms with Crippen LogP contribution in [-0.2, 0) is 0 Å². The van der Waals surface area contributed by atoms with Crippen LogP contribution in [0.3, 0.4) is 0 Å². The van der Waals surface area contributed by atoms with Crippen LogP contribution >= 0.6 is 0 Å². The highest BCUT2D eigenvalue weighted by atomic mass is 15.2. The Morgan fingerprint density at radius 2 is 0.743 bits per heavy atom. The summed E-state index contributed by atoms with van der Waals surface area (Å²) in [5, 5.41) is 9.04. The molecule has 0 aliphatic heterocycles. The van der Waals surface area contributed by atoms with Crippen LogP contribution in [-0.4, -0.2) is 39.0 Å². The van der Waals surface area contributed by atoms with Gasteiger partial charge in [0.25, 0.3) is 0 Å². The van der Waals surface area contributed by atoms with Crippen LogP contribution in [0.25, 0.3) is 134 Å². The van der Waals surface area contributed by atoms with E-state index in [-0.39, 0.29) is 0 Å². The first-order chi connectivity index (χ1) is 34.7. The molecule has 0 atom stereocenters. The number of rotatable bonds is 7. The standard InChI is InChI=1S/C62H38N8/c1-4-18-41(19-5-1)57-63-58(66-61(65-57)50-28-16-24-40-32-31-39-17-10-11-25-46(39)54(40)50)44-33-35-45(36-34-44)69-52-30-15-13-27-49(52)55-53(69)38-37-48-47-26-12-14-29-51(47)70(56(48)55)62-67-59(42-20-6-2-7-21-42)64-60(68-62)43-22-8-3-9-23-43/h1-38H. The third-order valence-corrected chi connectivity index (χ3v) is 13.4. The molecule has 4 aromatic heterocycles. The SMILES string of the molecule is c1ccc(-c2nc(-c3ccc(-n4c5ccccc5c5c4ccc4c6ccccc6n(-c6nc(-c7ccccc7)nc(-c7ccccc7)n6)c45)cc3)nc(-c3cccc4ccc5ccccc5c34)n2)cc1. The van der Waals surface area contributed by atoms with Crippen molar-refractivity contribution in [2.45, 2.75) is 0 Å². The summed E-state index contributed by atoms with van der Waals surface area (Å²) >= 11 is 0. The molecule has 0 saturated carbocycles. The quantitative estimate of drug-likeness (QED) is 0.148. The zero-order valence-electron chi connectivity index (χ0n) is 37.5. The Morgan fingerprint density at radius 3 is 1.39 bits per heavy atom. The molecule has 14 aromatic rings. The molecule has 0 spiro atoms. The van der Waals surface area contributed by atoms with E-state index in [1.807, 2.05) is 91.0 Å². The van der Waals surface area contributed by atoms with Gasteiger partial charge in [-0.15, -0.1) is 0 Å². The second kappa shape index (κ2) is 16.0. The van der Waals surface area contributed by atoms with E-state index in [9.17, 15) is 0 Å². The number of fused-ring (bicyclic) bond motifs is 10. The summed E-state index contributed by atoms with van der Waals surface area (Å²) in [5.74, 6) is 3.61. The van der Waals surface area contributed by atoms with Crippen molar-refractivity contribution in [1.82, 2.24) is 39.0 Å². The first-order valence-electron chi connectivity index (χ1n) is 23.4. The second-order valence-corrected chi connectivity index (χ2v) is 17.5. The Balaban J connectivity index is 0.964. The Labute approximate surface area is 401 Å². The van der Waals surface area contributed by atoms with Gasteiger partial charge in [0.1, 0.15) is 0 Å². The van der Waals surface area contributed by atoms with Gasteiger partial charge in [-0.05, 0) is 58.6 Å². The predicted octanol–water partition coefficient (Wildman–Crippen LogP) is 14.9. The Morgan fingerprint density at radius 1 is 0.257 bits per heavy atom. The average molecular weight is 895 g/mol. The normalized spacial score (nSPS) is 11.7. The minimum absolute atomic E-state index is 0.552.